The Bertz CT molecular complexity index is 1120. The van der Waals surface area contributed by atoms with Crippen molar-refractivity contribution in [2.24, 2.45) is 0 Å². The maximum atomic E-state index is 12.7. The third-order valence-corrected chi connectivity index (χ3v) is 5.26. The molecule has 3 aromatic carbocycles. The van der Waals surface area contributed by atoms with Crippen molar-refractivity contribution in [3.05, 3.63) is 106 Å². The van der Waals surface area contributed by atoms with Crippen LogP contribution in [0.1, 0.15) is 25.7 Å². The number of carbonyl (C=O) groups excluding carboxylic acids is 1. The first-order valence-electron chi connectivity index (χ1n) is 8.46. The first-order chi connectivity index (χ1) is 12.8. The van der Waals surface area contributed by atoms with Gasteiger partial charge in [-0.1, -0.05) is 72.5 Å². The number of ketones is 1. The number of Topliss-reactive ketones (excluding diaryl/α,β-unsaturated/α-hetero) is 1. The van der Waals surface area contributed by atoms with Crippen molar-refractivity contribution >= 4 is 27.9 Å². The monoisotopic (exact) mass is 352 g/mol. The molecule has 0 aliphatic carbocycles. The predicted octanol–water partition coefficient (Wildman–Crippen LogP) is 5.73. The van der Waals surface area contributed by atoms with E-state index in [9.17, 15) is 4.79 Å². The van der Waals surface area contributed by atoms with Crippen LogP contribution in [0.2, 0.25) is 0 Å². The first kappa shape index (κ1) is 16.3. The number of benzene rings is 3. The molecule has 4 aromatic rings. The second-order valence-corrected chi connectivity index (χ2v) is 7.10. The molecule has 0 aliphatic rings. The number of carbonyl (C=O) groups is 1. The van der Waals surface area contributed by atoms with E-state index in [0.717, 1.165) is 26.3 Å². The second kappa shape index (κ2) is 7.39. The van der Waals surface area contributed by atoms with Gasteiger partial charge in [0.25, 0.3) is 0 Å². The maximum Gasteiger partial charge on any atom is 0.177 e. The minimum absolute atomic E-state index is 0.138. The Balaban J connectivity index is 1.54. The van der Waals surface area contributed by atoms with Gasteiger partial charge in [0.15, 0.2) is 5.78 Å². The summed E-state index contributed by atoms with van der Waals surface area (Å²) in [6.45, 7) is 0. The van der Waals surface area contributed by atoms with Gasteiger partial charge in [0.2, 0.25) is 0 Å². The average Bonchev–Trinajstić information content (AvgIpc) is 3.17. The molecule has 0 fully saturated rings. The number of hydrogen-bond acceptors (Lipinski definition) is 2. The van der Waals surface area contributed by atoms with Gasteiger partial charge in [-0.05, 0) is 40.6 Å². The third kappa shape index (κ3) is 3.59. The van der Waals surface area contributed by atoms with Crippen LogP contribution < -0.4 is 0 Å². The Kier molecular flexibility index (Phi) is 4.64. The molecule has 0 unspecified atom stereocenters. The van der Waals surface area contributed by atoms with Crippen LogP contribution in [-0.4, -0.2) is 5.78 Å². The van der Waals surface area contributed by atoms with Crippen LogP contribution in [0, 0.1) is 11.8 Å². The molecule has 0 aliphatic heterocycles. The second-order valence-electron chi connectivity index (χ2n) is 6.02. The molecule has 1 heterocycles. The molecule has 0 bridgehead atoms. The summed E-state index contributed by atoms with van der Waals surface area (Å²) in [5, 5.41) is 2.31. The molecule has 26 heavy (non-hydrogen) atoms. The topological polar surface area (TPSA) is 17.1 Å². The van der Waals surface area contributed by atoms with Crippen molar-refractivity contribution in [2.45, 2.75) is 6.42 Å². The van der Waals surface area contributed by atoms with Crippen molar-refractivity contribution in [3.8, 4) is 11.8 Å². The summed E-state index contributed by atoms with van der Waals surface area (Å²) >= 11 is 1.46. The van der Waals surface area contributed by atoms with Gasteiger partial charge >= 0.3 is 0 Å². The summed E-state index contributed by atoms with van der Waals surface area (Å²) in [5.74, 6) is 6.42. The minimum atomic E-state index is 0.138. The molecule has 1 nitrogen and oxygen atoms in total. The Labute approximate surface area is 156 Å². The molecule has 4 rings (SSSR count). The third-order valence-electron chi connectivity index (χ3n) is 4.22. The van der Waals surface area contributed by atoms with Crippen molar-refractivity contribution in [2.75, 3.05) is 0 Å². The number of hydrogen-bond donors (Lipinski definition) is 0. The molecular formula is C24H16OS. The Morgan fingerprint density at radius 3 is 2.42 bits per heavy atom. The number of rotatable bonds is 3. The summed E-state index contributed by atoms with van der Waals surface area (Å²) in [4.78, 5) is 14.4. The highest BCUT2D eigenvalue weighted by Crippen LogP contribution is 2.22. The van der Waals surface area contributed by atoms with E-state index in [1.165, 1.54) is 16.7 Å². The highest BCUT2D eigenvalue weighted by atomic mass is 32.1. The van der Waals surface area contributed by atoms with Gasteiger partial charge in [0.05, 0.1) is 9.75 Å². The molecule has 0 radical (unpaired) electrons. The molecule has 0 spiro atoms. The highest BCUT2D eigenvalue weighted by molar-refractivity contribution is 7.14. The first-order valence-corrected chi connectivity index (χ1v) is 9.28. The summed E-state index contributed by atoms with van der Waals surface area (Å²) in [7, 11) is 0. The lowest BCUT2D eigenvalue weighted by molar-refractivity contribution is 0.0997. The summed E-state index contributed by atoms with van der Waals surface area (Å²) in [6, 6.07) is 28.0. The molecule has 124 valence electrons. The summed E-state index contributed by atoms with van der Waals surface area (Å²) in [6.07, 6.45) is 0.410. The average molecular weight is 352 g/mol. The Hall–Kier alpha value is -3.15. The van der Waals surface area contributed by atoms with E-state index >= 15 is 0 Å². The molecule has 0 amide bonds. The van der Waals surface area contributed by atoms with Gasteiger partial charge in [0, 0.05) is 12.0 Å². The van der Waals surface area contributed by atoms with Crippen LogP contribution in [0.15, 0.2) is 84.9 Å². The zero-order chi connectivity index (χ0) is 17.8. The van der Waals surface area contributed by atoms with E-state index in [0.29, 0.717) is 6.42 Å². The minimum Gasteiger partial charge on any atom is -0.293 e. The zero-order valence-electron chi connectivity index (χ0n) is 14.1. The lowest BCUT2D eigenvalue weighted by Crippen LogP contribution is -2.01. The van der Waals surface area contributed by atoms with Crippen LogP contribution >= 0.6 is 11.3 Å². The van der Waals surface area contributed by atoms with E-state index in [-0.39, 0.29) is 5.78 Å². The van der Waals surface area contributed by atoms with E-state index in [2.05, 4.69) is 30.0 Å². The molecule has 0 saturated heterocycles. The normalized spacial score (nSPS) is 10.3. The molecule has 2 heteroatoms. The zero-order valence-corrected chi connectivity index (χ0v) is 14.9. The standard InChI is InChI=1S/C24H16OS/c25-23(17-20-11-6-10-19-9-4-5-12-22(19)20)24-16-15-21(26-24)14-13-18-7-2-1-3-8-18/h1-12,15-16H,17H2. The van der Waals surface area contributed by atoms with Crippen molar-refractivity contribution in [3.63, 3.8) is 0 Å². The van der Waals surface area contributed by atoms with Gasteiger partial charge in [0.1, 0.15) is 0 Å². The lowest BCUT2D eigenvalue weighted by Gasteiger charge is -2.05. The fourth-order valence-corrected chi connectivity index (χ4v) is 3.71. The van der Waals surface area contributed by atoms with Gasteiger partial charge in [-0.15, -0.1) is 11.3 Å². The van der Waals surface area contributed by atoms with Gasteiger partial charge in [-0.25, -0.2) is 0 Å². The van der Waals surface area contributed by atoms with Gasteiger partial charge in [-0.2, -0.15) is 0 Å². The molecular weight excluding hydrogens is 336 g/mol. The van der Waals surface area contributed by atoms with Crippen LogP contribution in [0.4, 0.5) is 0 Å². The fraction of sp³-hybridized carbons (Fsp3) is 0.0417. The van der Waals surface area contributed by atoms with Crippen molar-refractivity contribution < 1.29 is 4.79 Å². The van der Waals surface area contributed by atoms with E-state index in [1.54, 1.807) is 0 Å². The van der Waals surface area contributed by atoms with E-state index in [1.807, 2.05) is 66.7 Å². The predicted molar refractivity (Wildman–Crippen MR) is 109 cm³/mol. The smallest absolute Gasteiger partial charge is 0.177 e. The molecule has 0 N–H and O–H groups in total. The summed E-state index contributed by atoms with van der Waals surface area (Å²) < 4.78 is 0. The lowest BCUT2D eigenvalue weighted by atomic mass is 10.00. The van der Waals surface area contributed by atoms with Crippen molar-refractivity contribution in [1.82, 2.24) is 0 Å². The largest absolute Gasteiger partial charge is 0.293 e. The summed E-state index contributed by atoms with van der Waals surface area (Å²) in [5.41, 5.74) is 2.04. The van der Waals surface area contributed by atoms with Crippen molar-refractivity contribution in [1.29, 1.82) is 0 Å². The van der Waals surface area contributed by atoms with Crippen LogP contribution in [-0.2, 0) is 6.42 Å². The fourth-order valence-electron chi connectivity index (χ4n) is 2.92. The van der Waals surface area contributed by atoms with Gasteiger partial charge < -0.3 is 0 Å². The highest BCUT2D eigenvalue weighted by Gasteiger charge is 2.11. The van der Waals surface area contributed by atoms with E-state index < -0.39 is 0 Å². The molecule has 0 saturated carbocycles. The molecule has 0 atom stereocenters. The van der Waals surface area contributed by atoms with Crippen LogP contribution in [0.25, 0.3) is 10.8 Å². The van der Waals surface area contributed by atoms with Crippen LogP contribution in [0.5, 0.6) is 0 Å². The van der Waals surface area contributed by atoms with Gasteiger partial charge in [-0.3, -0.25) is 4.79 Å². The quantitative estimate of drug-likeness (QED) is 0.340. The Morgan fingerprint density at radius 1 is 0.769 bits per heavy atom. The van der Waals surface area contributed by atoms with E-state index in [4.69, 9.17) is 0 Å². The number of fused-ring (bicyclic) bond motifs is 1. The number of thiophene rings is 1. The Morgan fingerprint density at radius 2 is 1.54 bits per heavy atom. The van der Waals surface area contributed by atoms with Crippen LogP contribution in [0.3, 0.4) is 0 Å². The maximum absolute atomic E-state index is 12.7. The molecule has 1 aromatic heterocycles. The SMILES string of the molecule is O=C(Cc1cccc2ccccc12)c1ccc(C#Cc2ccccc2)s1.